The number of hydrogen-bond donors (Lipinski definition) is 1. The summed E-state index contributed by atoms with van der Waals surface area (Å²) in [4.78, 5) is 26.9. The highest BCUT2D eigenvalue weighted by Gasteiger charge is 2.17. The average Bonchev–Trinajstić information content (AvgIpc) is 2.88. The van der Waals surface area contributed by atoms with Gasteiger partial charge in [-0.2, -0.15) is 0 Å². The van der Waals surface area contributed by atoms with E-state index in [9.17, 15) is 14.7 Å². The van der Waals surface area contributed by atoms with Gasteiger partial charge in [0.15, 0.2) is 0 Å². The fraction of sp³-hybridized carbons (Fsp3) is 0.259. The highest BCUT2D eigenvalue weighted by molar-refractivity contribution is 5.84. The van der Waals surface area contributed by atoms with Gasteiger partial charge < -0.3 is 14.6 Å². The number of hydrogen-bond acceptors (Lipinski definition) is 5. The summed E-state index contributed by atoms with van der Waals surface area (Å²) in [5, 5.41) is 9.67. The van der Waals surface area contributed by atoms with Gasteiger partial charge in [0, 0.05) is 13.2 Å². The van der Waals surface area contributed by atoms with Gasteiger partial charge >= 0.3 is 5.69 Å². The van der Waals surface area contributed by atoms with Crippen molar-refractivity contribution in [2.75, 3.05) is 13.7 Å². The Morgan fingerprint density at radius 2 is 1.59 bits per heavy atom. The molecule has 0 amide bonds. The maximum atomic E-state index is 13.5. The van der Waals surface area contributed by atoms with Crippen LogP contribution in [0.4, 0.5) is 0 Å². The molecule has 0 aliphatic carbocycles. The summed E-state index contributed by atoms with van der Waals surface area (Å²) < 4.78 is 14.1. The number of ether oxygens (including phenoxy) is 2. The lowest BCUT2D eigenvalue weighted by atomic mass is 10.2. The second kappa shape index (κ2) is 10.9. The quantitative estimate of drug-likeness (QED) is 0.366. The van der Waals surface area contributed by atoms with E-state index < -0.39 is 5.69 Å². The van der Waals surface area contributed by atoms with Crippen LogP contribution >= 0.6 is 0 Å². The van der Waals surface area contributed by atoms with Crippen LogP contribution in [0.5, 0.6) is 11.5 Å². The van der Waals surface area contributed by atoms with E-state index in [-0.39, 0.29) is 18.7 Å². The molecule has 0 atom stereocenters. The summed E-state index contributed by atoms with van der Waals surface area (Å²) in [6.45, 7) is 0.868. The first kappa shape index (κ1) is 23.3. The van der Waals surface area contributed by atoms with Gasteiger partial charge in [-0.3, -0.25) is 13.9 Å². The Morgan fingerprint density at radius 3 is 2.29 bits per heavy atom. The van der Waals surface area contributed by atoms with E-state index >= 15 is 0 Å². The summed E-state index contributed by atoms with van der Waals surface area (Å²) in [6, 6.07) is 22.3. The number of rotatable bonds is 10. The number of aliphatic hydroxyl groups is 1. The highest BCUT2D eigenvalue weighted by Crippen LogP contribution is 2.24. The first-order valence-corrected chi connectivity index (χ1v) is 11.3. The molecule has 4 aromatic rings. The van der Waals surface area contributed by atoms with Crippen molar-refractivity contribution in [3.63, 3.8) is 0 Å². The lowest BCUT2D eigenvalue weighted by molar-refractivity contribution is 0.280. The van der Waals surface area contributed by atoms with Crippen molar-refractivity contribution in [2.45, 2.75) is 32.5 Å². The summed E-state index contributed by atoms with van der Waals surface area (Å²) in [6.07, 6.45) is 1.15. The predicted molar refractivity (Wildman–Crippen MR) is 132 cm³/mol. The van der Waals surface area contributed by atoms with Crippen molar-refractivity contribution >= 4 is 10.9 Å². The molecule has 0 fully saturated rings. The zero-order valence-electron chi connectivity index (χ0n) is 19.1. The van der Waals surface area contributed by atoms with Gasteiger partial charge in [0.05, 0.1) is 19.0 Å². The van der Waals surface area contributed by atoms with E-state index in [1.165, 1.54) is 4.57 Å². The van der Waals surface area contributed by atoms with Crippen molar-refractivity contribution in [2.24, 2.45) is 0 Å². The minimum Gasteiger partial charge on any atom is -0.497 e. The van der Waals surface area contributed by atoms with Crippen molar-refractivity contribution in [3.8, 4) is 11.5 Å². The number of benzene rings is 3. The van der Waals surface area contributed by atoms with Crippen molar-refractivity contribution in [3.05, 3.63) is 105 Å². The summed E-state index contributed by atoms with van der Waals surface area (Å²) in [7, 11) is 1.59. The minimum atomic E-state index is -0.401. The predicted octanol–water partition coefficient (Wildman–Crippen LogP) is 3.57. The molecule has 1 N–H and O–H groups in total. The third-order valence-corrected chi connectivity index (χ3v) is 5.73. The molecule has 0 radical (unpaired) electrons. The highest BCUT2D eigenvalue weighted by atomic mass is 16.5. The van der Waals surface area contributed by atoms with Crippen LogP contribution in [0.3, 0.4) is 0 Å². The normalized spacial score (nSPS) is 11.0. The number of unbranched alkanes of at least 4 members (excludes halogenated alkanes) is 1. The monoisotopic (exact) mass is 460 g/mol. The number of para-hydroxylation sites is 1. The molecular weight excluding hydrogens is 432 g/mol. The van der Waals surface area contributed by atoms with Gasteiger partial charge in [0.1, 0.15) is 23.6 Å². The number of aryl methyl sites for hydroxylation is 1. The first-order valence-electron chi connectivity index (χ1n) is 11.3. The van der Waals surface area contributed by atoms with Crippen LogP contribution in [0.2, 0.25) is 0 Å². The SMILES string of the molecule is COc1ccc(Cn2c(=O)c3cccc(OCc4ccccc4)c3n(CCCCO)c2=O)cc1. The molecule has 0 bridgehead atoms. The fourth-order valence-electron chi connectivity index (χ4n) is 3.94. The van der Waals surface area contributed by atoms with E-state index in [0.717, 1.165) is 11.1 Å². The molecule has 0 aliphatic rings. The molecular formula is C27H28N2O5. The Hall–Kier alpha value is -3.84. The molecule has 7 nitrogen and oxygen atoms in total. The zero-order chi connectivity index (χ0) is 23.9. The fourth-order valence-corrected chi connectivity index (χ4v) is 3.94. The smallest absolute Gasteiger partial charge is 0.331 e. The first-order chi connectivity index (χ1) is 16.6. The van der Waals surface area contributed by atoms with E-state index in [1.807, 2.05) is 42.5 Å². The van der Waals surface area contributed by atoms with Crippen LogP contribution in [-0.4, -0.2) is 28.0 Å². The Kier molecular flexibility index (Phi) is 7.44. The maximum Gasteiger partial charge on any atom is 0.331 e. The minimum absolute atomic E-state index is 0.0372. The lowest BCUT2D eigenvalue weighted by Crippen LogP contribution is -2.40. The summed E-state index contributed by atoms with van der Waals surface area (Å²) >= 11 is 0. The van der Waals surface area contributed by atoms with Gasteiger partial charge in [0.2, 0.25) is 0 Å². The van der Waals surface area contributed by atoms with Gasteiger partial charge in [0.25, 0.3) is 5.56 Å². The van der Waals surface area contributed by atoms with Crippen molar-refractivity contribution in [1.29, 1.82) is 0 Å². The van der Waals surface area contributed by atoms with E-state index in [1.54, 1.807) is 42.0 Å². The van der Waals surface area contributed by atoms with Gasteiger partial charge in [-0.15, -0.1) is 0 Å². The third kappa shape index (κ3) is 5.05. The van der Waals surface area contributed by atoms with Crippen molar-refractivity contribution in [1.82, 2.24) is 9.13 Å². The van der Waals surface area contributed by atoms with Crippen LogP contribution in [0.15, 0.2) is 82.4 Å². The largest absolute Gasteiger partial charge is 0.497 e. The molecule has 0 saturated carbocycles. The van der Waals surface area contributed by atoms with Gasteiger partial charge in [-0.25, -0.2) is 4.79 Å². The molecule has 1 heterocycles. The number of fused-ring (bicyclic) bond motifs is 1. The molecule has 176 valence electrons. The molecule has 34 heavy (non-hydrogen) atoms. The second-order valence-electron chi connectivity index (χ2n) is 8.03. The lowest BCUT2D eigenvalue weighted by Gasteiger charge is -2.17. The molecule has 1 aromatic heterocycles. The van der Waals surface area contributed by atoms with Crippen LogP contribution in [-0.2, 0) is 19.7 Å². The van der Waals surface area contributed by atoms with Gasteiger partial charge in [-0.05, 0) is 48.2 Å². The Morgan fingerprint density at radius 1 is 0.824 bits per heavy atom. The molecule has 0 unspecified atom stereocenters. The number of aromatic nitrogens is 2. The molecule has 3 aromatic carbocycles. The van der Waals surface area contributed by atoms with E-state index in [4.69, 9.17) is 9.47 Å². The van der Waals surface area contributed by atoms with E-state index in [2.05, 4.69) is 0 Å². The number of methoxy groups -OCH3 is 1. The van der Waals surface area contributed by atoms with Gasteiger partial charge in [-0.1, -0.05) is 48.5 Å². The molecule has 0 saturated heterocycles. The maximum absolute atomic E-state index is 13.5. The Balaban J connectivity index is 1.79. The van der Waals surface area contributed by atoms with Crippen LogP contribution in [0.1, 0.15) is 24.0 Å². The van der Waals surface area contributed by atoms with Crippen LogP contribution in [0, 0.1) is 0 Å². The standard InChI is InChI=1S/C27H28N2O5/c1-33-22-14-12-20(13-15-22)18-29-26(31)23-10-7-11-24(34-19-21-8-3-2-4-9-21)25(23)28(27(29)32)16-5-6-17-30/h2-4,7-15,30H,5-6,16-19H2,1H3. The van der Waals surface area contributed by atoms with Crippen LogP contribution < -0.4 is 20.7 Å². The molecule has 0 aliphatic heterocycles. The second-order valence-corrected chi connectivity index (χ2v) is 8.03. The average molecular weight is 461 g/mol. The van der Waals surface area contributed by atoms with Crippen molar-refractivity contribution < 1.29 is 14.6 Å². The Labute approximate surface area is 197 Å². The molecule has 4 rings (SSSR count). The molecule has 7 heteroatoms. The topological polar surface area (TPSA) is 82.7 Å². The molecule has 0 spiro atoms. The van der Waals surface area contributed by atoms with Crippen LogP contribution in [0.25, 0.3) is 10.9 Å². The number of aliphatic hydroxyl groups excluding tert-OH is 1. The summed E-state index contributed by atoms with van der Waals surface area (Å²) in [5.74, 6) is 1.19. The third-order valence-electron chi connectivity index (χ3n) is 5.73. The number of nitrogens with zero attached hydrogens (tertiary/aromatic N) is 2. The Bertz CT molecular complexity index is 1360. The summed E-state index contributed by atoms with van der Waals surface area (Å²) in [5.41, 5.74) is 1.53. The zero-order valence-corrected chi connectivity index (χ0v) is 19.1. The van der Waals surface area contributed by atoms with E-state index in [0.29, 0.717) is 48.4 Å².